The number of halogens is 2. The summed E-state index contributed by atoms with van der Waals surface area (Å²) >= 11 is 3.38. The van der Waals surface area contributed by atoms with Crippen LogP contribution >= 0.6 is 15.9 Å². The molecule has 0 aromatic heterocycles. The molecule has 1 unspecified atom stereocenters. The van der Waals surface area contributed by atoms with Crippen LogP contribution in [0.15, 0.2) is 46.9 Å². The van der Waals surface area contributed by atoms with Crippen LogP contribution < -0.4 is 5.32 Å². The van der Waals surface area contributed by atoms with E-state index in [-0.39, 0.29) is 11.9 Å². The molecule has 0 amide bonds. The van der Waals surface area contributed by atoms with Gasteiger partial charge in [-0.3, -0.25) is 0 Å². The molecular weight excluding hydrogens is 331 g/mol. The smallest absolute Gasteiger partial charge is 0.128 e. The van der Waals surface area contributed by atoms with Crippen molar-refractivity contribution in [3.63, 3.8) is 0 Å². The van der Waals surface area contributed by atoms with Crippen molar-refractivity contribution in [3.05, 3.63) is 63.9 Å². The molecule has 0 aliphatic heterocycles. The summed E-state index contributed by atoms with van der Waals surface area (Å²) in [5.74, 6) is -0.192. The Morgan fingerprint density at radius 2 is 1.81 bits per heavy atom. The SMILES string of the molecule is CC(Nc1ccc(CN(C)C)cc1)c1cc(Br)ccc1F. The molecule has 112 valence electrons. The van der Waals surface area contributed by atoms with Crippen LogP contribution in [0.3, 0.4) is 0 Å². The van der Waals surface area contributed by atoms with Crippen LogP contribution in [0.25, 0.3) is 0 Å². The number of nitrogens with zero attached hydrogens (tertiary/aromatic N) is 1. The molecule has 0 fully saturated rings. The van der Waals surface area contributed by atoms with Crippen LogP contribution in [0.1, 0.15) is 24.1 Å². The third-order valence-corrected chi connectivity index (χ3v) is 3.75. The van der Waals surface area contributed by atoms with Crippen molar-refractivity contribution in [1.82, 2.24) is 4.90 Å². The summed E-state index contributed by atoms with van der Waals surface area (Å²) in [7, 11) is 4.09. The lowest BCUT2D eigenvalue weighted by molar-refractivity contribution is 0.402. The molecule has 21 heavy (non-hydrogen) atoms. The maximum Gasteiger partial charge on any atom is 0.128 e. The van der Waals surface area contributed by atoms with Crippen molar-refractivity contribution in [2.24, 2.45) is 0 Å². The first-order chi connectivity index (χ1) is 9.95. The average Bonchev–Trinajstić information content (AvgIpc) is 2.43. The van der Waals surface area contributed by atoms with Gasteiger partial charge in [-0.1, -0.05) is 28.1 Å². The average molecular weight is 351 g/mol. The fourth-order valence-electron chi connectivity index (χ4n) is 2.25. The molecule has 0 radical (unpaired) electrons. The Kier molecular flexibility index (Phi) is 5.37. The van der Waals surface area contributed by atoms with E-state index in [9.17, 15) is 4.39 Å². The molecule has 2 aromatic rings. The number of hydrogen-bond acceptors (Lipinski definition) is 2. The van der Waals surface area contributed by atoms with E-state index >= 15 is 0 Å². The number of rotatable bonds is 5. The van der Waals surface area contributed by atoms with Gasteiger partial charge < -0.3 is 10.2 Å². The fraction of sp³-hybridized carbons (Fsp3) is 0.294. The van der Waals surface area contributed by atoms with Crippen molar-refractivity contribution in [1.29, 1.82) is 0 Å². The number of anilines is 1. The predicted octanol–water partition coefficient (Wildman–Crippen LogP) is 4.82. The van der Waals surface area contributed by atoms with Gasteiger partial charge in [-0.05, 0) is 56.9 Å². The van der Waals surface area contributed by atoms with E-state index < -0.39 is 0 Å². The Bertz CT molecular complexity index is 596. The lowest BCUT2D eigenvalue weighted by atomic mass is 10.1. The number of benzene rings is 2. The fourth-order valence-corrected chi connectivity index (χ4v) is 2.62. The standard InChI is InChI=1S/C17H20BrFN2/c1-12(16-10-14(18)6-9-17(16)19)20-15-7-4-13(5-8-15)11-21(2)3/h4-10,12,20H,11H2,1-3H3. The highest BCUT2D eigenvalue weighted by Crippen LogP contribution is 2.25. The minimum absolute atomic E-state index is 0.0952. The van der Waals surface area contributed by atoms with Crippen LogP contribution in [0, 0.1) is 5.82 Å². The van der Waals surface area contributed by atoms with Gasteiger partial charge in [0.1, 0.15) is 5.82 Å². The van der Waals surface area contributed by atoms with Gasteiger partial charge in [-0.2, -0.15) is 0 Å². The van der Waals surface area contributed by atoms with E-state index in [1.165, 1.54) is 11.6 Å². The Morgan fingerprint density at radius 1 is 1.14 bits per heavy atom. The van der Waals surface area contributed by atoms with Crippen LogP contribution in [0.5, 0.6) is 0 Å². The minimum atomic E-state index is -0.192. The summed E-state index contributed by atoms with van der Waals surface area (Å²) in [5, 5.41) is 3.33. The summed E-state index contributed by atoms with van der Waals surface area (Å²) in [4.78, 5) is 2.13. The second-order valence-electron chi connectivity index (χ2n) is 5.47. The molecule has 0 aliphatic carbocycles. The van der Waals surface area contributed by atoms with Gasteiger partial charge >= 0.3 is 0 Å². The van der Waals surface area contributed by atoms with Gasteiger partial charge in [0, 0.05) is 22.3 Å². The molecule has 0 spiro atoms. The third kappa shape index (κ3) is 4.55. The van der Waals surface area contributed by atoms with Gasteiger partial charge in [0.25, 0.3) is 0 Å². The Hall–Kier alpha value is -1.39. The second-order valence-corrected chi connectivity index (χ2v) is 6.38. The zero-order chi connectivity index (χ0) is 15.4. The Labute approximate surface area is 134 Å². The summed E-state index contributed by atoms with van der Waals surface area (Å²) in [5.41, 5.74) is 2.90. The normalized spacial score (nSPS) is 12.5. The third-order valence-electron chi connectivity index (χ3n) is 3.26. The highest BCUT2D eigenvalue weighted by atomic mass is 79.9. The maximum atomic E-state index is 13.9. The molecular formula is C17H20BrFN2. The van der Waals surface area contributed by atoms with Gasteiger partial charge in [0.2, 0.25) is 0 Å². The number of nitrogens with one attached hydrogen (secondary N) is 1. The Morgan fingerprint density at radius 3 is 2.43 bits per heavy atom. The van der Waals surface area contributed by atoms with E-state index in [1.807, 2.05) is 39.2 Å². The first kappa shape index (κ1) is 16.0. The summed E-state index contributed by atoms with van der Waals surface area (Å²) < 4.78 is 14.7. The zero-order valence-electron chi connectivity index (χ0n) is 12.5. The summed E-state index contributed by atoms with van der Waals surface area (Å²) in [6.45, 7) is 2.87. The van der Waals surface area contributed by atoms with Crippen molar-refractivity contribution < 1.29 is 4.39 Å². The molecule has 1 atom stereocenters. The van der Waals surface area contributed by atoms with E-state index in [1.54, 1.807) is 6.07 Å². The molecule has 0 saturated carbocycles. The Balaban J connectivity index is 2.08. The van der Waals surface area contributed by atoms with Crippen LogP contribution in [-0.2, 0) is 6.54 Å². The molecule has 0 heterocycles. The van der Waals surface area contributed by atoms with E-state index in [0.29, 0.717) is 5.56 Å². The molecule has 2 aromatic carbocycles. The molecule has 0 saturated heterocycles. The molecule has 0 bridgehead atoms. The van der Waals surface area contributed by atoms with Crippen LogP contribution in [-0.4, -0.2) is 19.0 Å². The zero-order valence-corrected chi connectivity index (χ0v) is 14.1. The van der Waals surface area contributed by atoms with Crippen LogP contribution in [0.4, 0.5) is 10.1 Å². The number of hydrogen-bond donors (Lipinski definition) is 1. The highest BCUT2D eigenvalue weighted by Gasteiger charge is 2.11. The predicted molar refractivity (Wildman–Crippen MR) is 90.0 cm³/mol. The van der Waals surface area contributed by atoms with E-state index in [0.717, 1.165) is 16.7 Å². The van der Waals surface area contributed by atoms with E-state index in [2.05, 4.69) is 38.3 Å². The lowest BCUT2D eigenvalue weighted by Crippen LogP contribution is -2.11. The first-order valence-electron chi connectivity index (χ1n) is 6.91. The molecule has 2 nitrogen and oxygen atoms in total. The van der Waals surface area contributed by atoms with Gasteiger partial charge in [0.15, 0.2) is 0 Å². The first-order valence-corrected chi connectivity index (χ1v) is 7.70. The van der Waals surface area contributed by atoms with Crippen molar-refractivity contribution in [3.8, 4) is 0 Å². The lowest BCUT2D eigenvalue weighted by Gasteiger charge is -2.17. The summed E-state index contributed by atoms with van der Waals surface area (Å²) in [6.07, 6.45) is 0. The van der Waals surface area contributed by atoms with Gasteiger partial charge in [-0.15, -0.1) is 0 Å². The molecule has 1 N–H and O–H groups in total. The molecule has 0 aliphatic rings. The molecule has 2 rings (SSSR count). The minimum Gasteiger partial charge on any atom is -0.378 e. The molecule has 4 heteroatoms. The van der Waals surface area contributed by atoms with Crippen LogP contribution in [0.2, 0.25) is 0 Å². The van der Waals surface area contributed by atoms with Gasteiger partial charge in [-0.25, -0.2) is 4.39 Å². The maximum absolute atomic E-state index is 13.9. The largest absolute Gasteiger partial charge is 0.378 e. The van der Waals surface area contributed by atoms with Crippen molar-refractivity contribution >= 4 is 21.6 Å². The highest BCUT2D eigenvalue weighted by molar-refractivity contribution is 9.10. The van der Waals surface area contributed by atoms with E-state index in [4.69, 9.17) is 0 Å². The second kappa shape index (κ2) is 7.05. The monoisotopic (exact) mass is 350 g/mol. The quantitative estimate of drug-likeness (QED) is 0.831. The van der Waals surface area contributed by atoms with Crippen molar-refractivity contribution in [2.75, 3.05) is 19.4 Å². The topological polar surface area (TPSA) is 15.3 Å². The van der Waals surface area contributed by atoms with Crippen molar-refractivity contribution in [2.45, 2.75) is 19.5 Å². The van der Waals surface area contributed by atoms with Gasteiger partial charge in [0.05, 0.1) is 6.04 Å². The summed E-state index contributed by atoms with van der Waals surface area (Å²) in [6, 6.07) is 13.2.